The summed E-state index contributed by atoms with van der Waals surface area (Å²) >= 11 is 1.41. The number of alkyl carbamates (subject to hydrolysis) is 1. The summed E-state index contributed by atoms with van der Waals surface area (Å²) in [7, 11) is 0. The van der Waals surface area contributed by atoms with Crippen LogP contribution in [0.1, 0.15) is 94.6 Å². The molecule has 0 bridgehead atoms. The molecule has 5 fully saturated rings. The SMILES string of the molecule is O=C(N[C@H]1CCCCC/C=C\[C@@H]2C[C@@]2(C(=O)NSC2CC2)NC(=O)[C@@H]2C[C@@H](OC(=O)N3Cc4ccccc4C4(CCC4)C3)CN2C1=O)O[C@@H]1CCOC1. The number of ether oxygens (including phenoxy) is 3. The fraction of sp³-hybridized carbons (Fsp3) is 0.667. The molecular weight excluding hydrogens is 699 g/mol. The topological polar surface area (TPSA) is 156 Å². The van der Waals surface area contributed by atoms with Gasteiger partial charge < -0.3 is 34.6 Å². The van der Waals surface area contributed by atoms with Gasteiger partial charge in [-0.1, -0.05) is 55.7 Å². The maximum Gasteiger partial charge on any atom is 0.410 e. The molecule has 0 radical (unpaired) electrons. The van der Waals surface area contributed by atoms with Crippen LogP contribution in [0.2, 0.25) is 0 Å². The summed E-state index contributed by atoms with van der Waals surface area (Å²) in [5.41, 5.74) is 1.23. The maximum atomic E-state index is 14.5. The average Bonchev–Trinajstić information content (AvgIpc) is 3.98. The minimum Gasteiger partial charge on any atom is -0.444 e. The van der Waals surface area contributed by atoms with E-state index in [1.54, 1.807) is 4.90 Å². The maximum absolute atomic E-state index is 14.5. The van der Waals surface area contributed by atoms with Gasteiger partial charge >= 0.3 is 12.2 Å². The van der Waals surface area contributed by atoms with Crippen LogP contribution < -0.4 is 15.4 Å². The molecule has 3 aliphatic carbocycles. The molecule has 6 atom stereocenters. The highest BCUT2D eigenvalue weighted by Crippen LogP contribution is 2.49. The average molecular weight is 750 g/mol. The molecule has 0 aromatic heterocycles. The van der Waals surface area contributed by atoms with Crippen molar-refractivity contribution in [3.8, 4) is 0 Å². The predicted molar refractivity (Wildman–Crippen MR) is 195 cm³/mol. The van der Waals surface area contributed by atoms with Crippen molar-refractivity contribution in [3.63, 3.8) is 0 Å². The van der Waals surface area contributed by atoms with E-state index in [4.69, 9.17) is 14.2 Å². The van der Waals surface area contributed by atoms with E-state index in [9.17, 15) is 24.0 Å². The van der Waals surface area contributed by atoms with Crippen molar-refractivity contribution in [3.05, 3.63) is 47.5 Å². The first kappa shape index (κ1) is 36.2. The van der Waals surface area contributed by atoms with Gasteiger partial charge in [-0.3, -0.25) is 19.1 Å². The van der Waals surface area contributed by atoms with Crippen molar-refractivity contribution >= 4 is 41.9 Å². The number of nitrogens with one attached hydrogen (secondary N) is 3. The zero-order valence-electron chi connectivity index (χ0n) is 30.2. The van der Waals surface area contributed by atoms with Crippen LogP contribution in [0.4, 0.5) is 9.59 Å². The number of carbonyl (C=O) groups excluding carboxylic acids is 5. The van der Waals surface area contributed by atoms with E-state index in [2.05, 4.69) is 39.6 Å². The summed E-state index contributed by atoms with van der Waals surface area (Å²) in [5, 5.41) is 6.25. The quantitative estimate of drug-likeness (QED) is 0.286. The van der Waals surface area contributed by atoms with E-state index in [1.165, 1.54) is 22.4 Å². The van der Waals surface area contributed by atoms with Crippen molar-refractivity contribution in [1.82, 2.24) is 25.2 Å². The summed E-state index contributed by atoms with van der Waals surface area (Å²) in [4.78, 5) is 72.6. The van der Waals surface area contributed by atoms with Crippen LogP contribution in [0.5, 0.6) is 0 Å². The minimum absolute atomic E-state index is 0.0119. The van der Waals surface area contributed by atoms with Crippen molar-refractivity contribution in [2.45, 2.75) is 131 Å². The molecule has 14 heteroatoms. The van der Waals surface area contributed by atoms with Crippen LogP contribution in [0.25, 0.3) is 0 Å². The number of rotatable bonds is 6. The number of amides is 5. The molecule has 3 saturated carbocycles. The van der Waals surface area contributed by atoms with Crippen molar-refractivity contribution < 1.29 is 38.2 Å². The van der Waals surface area contributed by atoms with Gasteiger partial charge in [0, 0.05) is 42.5 Å². The first-order valence-electron chi connectivity index (χ1n) is 19.6. The molecule has 53 heavy (non-hydrogen) atoms. The molecule has 4 aliphatic heterocycles. The molecule has 0 unspecified atom stereocenters. The van der Waals surface area contributed by atoms with Gasteiger partial charge in [0.1, 0.15) is 29.8 Å². The molecule has 8 rings (SSSR count). The van der Waals surface area contributed by atoms with Crippen molar-refractivity contribution in [2.75, 3.05) is 26.3 Å². The minimum atomic E-state index is -1.12. The third-order valence-corrected chi connectivity index (χ3v) is 13.3. The lowest BCUT2D eigenvalue weighted by molar-refractivity contribution is -0.141. The van der Waals surface area contributed by atoms with E-state index >= 15 is 0 Å². The Morgan fingerprint density at radius 1 is 0.981 bits per heavy atom. The molecule has 2 saturated heterocycles. The molecular formula is C39H51N5O8S. The Hall–Kier alpha value is -3.78. The summed E-state index contributed by atoms with van der Waals surface area (Å²) in [6.07, 6.45) is 11.7. The Balaban J connectivity index is 1.02. The standard InChI is InChI=1S/C39H51N5O8S/c45-33-32-19-28(52-37(49)43-21-25-9-6-7-11-30(25)38(24-43)16-8-17-38)22-44(32)34(46)31(40-36(48)51-27-15-18-50-23-27)12-5-3-1-2-4-10-26-20-39(26,41-33)35(47)42-53-29-13-14-29/h4,6-7,9-11,26-29,31-32H,1-3,5,8,12-24H2,(H,40,48)(H,41,45)(H,42,47)/b10-4-/t26-,27-,28-,31+,32+,39-/m1/s1. The van der Waals surface area contributed by atoms with Gasteiger partial charge in [0.05, 0.1) is 19.8 Å². The fourth-order valence-corrected chi connectivity index (χ4v) is 9.61. The van der Waals surface area contributed by atoms with Gasteiger partial charge in [-0.25, -0.2) is 9.59 Å². The summed E-state index contributed by atoms with van der Waals surface area (Å²) in [5.74, 6) is -1.32. The van der Waals surface area contributed by atoms with Crippen LogP contribution in [-0.4, -0.2) is 101 Å². The molecule has 286 valence electrons. The fourth-order valence-electron chi connectivity index (χ4n) is 8.78. The van der Waals surface area contributed by atoms with E-state index < -0.39 is 47.7 Å². The van der Waals surface area contributed by atoms with Gasteiger partial charge in [-0.15, -0.1) is 0 Å². The highest BCUT2D eigenvalue weighted by molar-refractivity contribution is 7.98. The number of fused-ring (bicyclic) bond motifs is 4. The van der Waals surface area contributed by atoms with E-state index in [0.29, 0.717) is 57.2 Å². The number of allylic oxidation sites excluding steroid dienone is 1. The molecule has 7 aliphatic rings. The molecule has 1 spiro atoms. The monoisotopic (exact) mass is 749 g/mol. The van der Waals surface area contributed by atoms with Gasteiger partial charge in [-0.05, 0) is 74.4 Å². The third kappa shape index (κ3) is 7.76. The summed E-state index contributed by atoms with van der Waals surface area (Å²) in [6, 6.07) is 6.32. The second-order valence-corrected chi connectivity index (χ2v) is 17.2. The largest absolute Gasteiger partial charge is 0.444 e. The van der Waals surface area contributed by atoms with Crippen LogP contribution in [-0.2, 0) is 40.6 Å². The van der Waals surface area contributed by atoms with Crippen molar-refractivity contribution in [1.29, 1.82) is 0 Å². The van der Waals surface area contributed by atoms with Gasteiger partial charge in [0.15, 0.2) is 0 Å². The lowest BCUT2D eigenvalue weighted by atomic mass is 9.61. The molecule has 5 amide bonds. The predicted octanol–water partition coefficient (Wildman–Crippen LogP) is 4.24. The molecule has 1 aromatic rings. The van der Waals surface area contributed by atoms with Crippen LogP contribution in [0.15, 0.2) is 36.4 Å². The number of carbonyl (C=O) groups is 5. The zero-order chi connectivity index (χ0) is 36.6. The molecule has 4 heterocycles. The summed E-state index contributed by atoms with van der Waals surface area (Å²) in [6.45, 7) is 1.79. The first-order valence-corrected chi connectivity index (χ1v) is 20.5. The smallest absolute Gasteiger partial charge is 0.410 e. The third-order valence-electron chi connectivity index (χ3n) is 12.2. The Labute approximate surface area is 314 Å². The number of hydrogen-bond acceptors (Lipinski definition) is 9. The van der Waals surface area contributed by atoms with Crippen LogP contribution >= 0.6 is 11.9 Å². The Kier molecular flexibility index (Phi) is 10.4. The second-order valence-electron chi connectivity index (χ2n) is 16.1. The highest BCUT2D eigenvalue weighted by Gasteiger charge is 2.61. The Bertz CT molecular complexity index is 1630. The molecule has 1 aromatic carbocycles. The van der Waals surface area contributed by atoms with Crippen LogP contribution in [0.3, 0.4) is 0 Å². The zero-order valence-corrected chi connectivity index (χ0v) is 31.0. The molecule has 3 N–H and O–H groups in total. The molecule has 13 nitrogen and oxygen atoms in total. The van der Waals surface area contributed by atoms with Gasteiger partial charge in [-0.2, -0.15) is 0 Å². The second kappa shape index (κ2) is 15.2. The lowest BCUT2D eigenvalue weighted by Crippen LogP contribution is -2.57. The Morgan fingerprint density at radius 3 is 2.60 bits per heavy atom. The highest BCUT2D eigenvalue weighted by atomic mass is 32.2. The lowest BCUT2D eigenvalue weighted by Gasteiger charge is -2.49. The number of hydrogen-bond donors (Lipinski definition) is 3. The first-order chi connectivity index (χ1) is 25.7. The number of benzene rings is 1. The van der Waals surface area contributed by atoms with Crippen LogP contribution in [0, 0.1) is 5.92 Å². The van der Waals surface area contributed by atoms with Crippen molar-refractivity contribution in [2.24, 2.45) is 5.92 Å². The van der Waals surface area contributed by atoms with E-state index in [1.807, 2.05) is 12.1 Å². The summed E-state index contributed by atoms with van der Waals surface area (Å²) < 4.78 is 20.0. The normalized spacial score (nSPS) is 32.8. The number of nitrogens with zero attached hydrogens (tertiary/aromatic N) is 2. The van der Waals surface area contributed by atoms with E-state index in [-0.39, 0.29) is 36.3 Å². The Morgan fingerprint density at radius 2 is 1.83 bits per heavy atom. The van der Waals surface area contributed by atoms with Gasteiger partial charge in [0.2, 0.25) is 11.8 Å². The van der Waals surface area contributed by atoms with E-state index in [0.717, 1.165) is 56.9 Å². The van der Waals surface area contributed by atoms with Gasteiger partial charge in [0.25, 0.3) is 5.91 Å².